The highest BCUT2D eigenvalue weighted by atomic mass is 32.2. The summed E-state index contributed by atoms with van der Waals surface area (Å²) < 4.78 is 23.9. The molecule has 3 heterocycles. The lowest BCUT2D eigenvalue weighted by atomic mass is 10.1. The van der Waals surface area contributed by atoms with E-state index >= 15 is 0 Å². The summed E-state index contributed by atoms with van der Waals surface area (Å²) in [7, 11) is -3.83. The number of hydroxylamine groups is 1. The van der Waals surface area contributed by atoms with E-state index in [4.69, 9.17) is 5.21 Å². The number of ketones is 1. The Morgan fingerprint density at radius 3 is 2.62 bits per heavy atom. The van der Waals surface area contributed by atoms with Gasteiger partial charge in [-0.2, -0.15) is 0 Å². The average Bonchev–Trinajstić information content (AvgIpc) is 3.45. The summed E-state index contributed by atoms with van der Waals surface area (Å²) in [6.07, 6.45) is 4.30. The first kappa shape index (κ1) is 24.1. The Morgan fingerprint density at radius 1 is 1.31 bits per heavy atom. The Balaban J connectivity index is 1.68. The molecular weight excluding hydrogens is 454 g/mol. The average molecular weight is 482 g/mol. The lowest BCUT2D eigenvalue weighted by Crippen LogP contribution is -2.50. The number of carbonyl (C=O) groups excluding carboxylic acids is 3. The van der Waals surface area contributed by atoms with E-state index in [0.717, 1.165) is 27.3 Å². The van der Waals surface area contributed by atoms with Gasteiger partial charge < -0.3 is 4.90 Å². The van der Waals surface area contributed by atoms with Crippen molar-refractivity contribution in [3.63, 3.8) is 0 Å². The minimum atomic E-state index is -3.83. The van der Waals surface area contributed by atoms with E-state index < -0.39 is 20.5 Å². The third kappa shape index (κ3) is 4.64. The summed E-state index contributed by atoms with van der Waals surface area (Å²) in [5.41, 5.74) is 3.09. The molecule has 0 bridgehead atoms. The number of sulfone groups is 1. The van der Waals surface area contributed by atoms with E-state index in [-0.39, 0.29) is 24.8 Å². The van der Waals surface area contributed by atoms with Crippen LogP contribution in [0.1, 0.15) is 43.7 Å². The fourth-order valence-electron chi connectivity index (χ4n) is 3.57. The van der Waals surface area contributed by atoms with Crippen LogP contribution in [0.4, 0.5) is 4.79 Å². The van der Waals surface area contributed by atoms with Crippen molar-refractivity contribution in [1.82, 2.24) is 14.9 Å². The van der Waals surface area contributed by atoms with Gasteiger partial charge in [-0.15, -0.1) is 11.3 Å². The van der Waals surface area contributed by atoms with Crippen LogP contribution < -0.4 is 5.48 Å². The van der Waals surface area contributed by atoms with Crippen molar-refractivity contribution in [2.45, 2.75) is 50.8 Å². The Kier molecular flexibility index (Phi) is 6.91. The Labute approximate surface area is 190 Å². The molecule has 0 spiro atoms. The van der Waals surface area contributed by atoms with E-state index in [0.29, 0.717) is 25.8 Å². The van der Waals surface area contributed by atoms with Gasteiger partial charge >= 0.3 is 6.03 Å². The quantitative estimate of drug-likeness (QED) is 0.397. The van der Waals surface area contributed by atoms with Crippen molar-refractivity contribution in [1.29, 1.82) is 0 Å². The molecule has 2 N–H and O–H groups in total. The minimum Gasteiger partial charge on any atom is -0.318 e. The molecule has 11 heteroatoms. The van der Waals surface area contributed by atoms with E-state index in [1.54, 1.807) is 17.5 Å². The Morgan fingerprint density at radius 2 is 2.03 bits per heavy atom. The third-order valence-corrected chi connectivity index (χ3v) is 9.20. The van der Waals surface area contributed by atoms with Crippen LogP contribution in [-0.2, 0) is 32.4 Å². The number of rotatable bonds is 10. The predicted octanol–water partition coefficient (Wildman–Crippen LogP) is 2.61. The van der Waals surface area contributed by atoms with Crippen molar-refractivity contribution in [2.24, 2.45) is 0 Å². The number of aryl methyl sites for hydroxylation is 1. The first-order valence-corrected chi connectivity index (χ1v) is 13.0. The van der Waals surface area contributed by atoms with Crippen LogP contribution in [0.15, 0.2) is 24.4 Å². The van der Waals surface area contributed by atoms with Crippen molar-refractivity contribution >= 4 is 38.9 Å². The SMILES string of the molecule is CCC(=O)CCc1ccc(-c2cc3n(c2)C(=O)N(CC[C@](C)(C(=O)NO)S(C)(=O)=O)C3)s1. The Hall–Kier alpha value is -2.50. The van der Waals surface area contributed by atoms with Gasteiger partial charge in [-0.25, -0.2) is 18.7 Å². The molecule has 1 aliphatic heterocycles. The zero-order valence-corrected chi connectivity index (χ0v) is 19.9. The van der Waals surface area contributed by atoms with Crippen LogP contribution in [0.25, 0.3) is 10.4 Å². The number of aromatic nitrogens is 1. The van der Waals surface area contributed by atoms with Crippen LogP contribution in [0.2, 0.25) is 0 Å². The highest BCUT2D eigenvalue weighted by molar-refractivity contribution is 7.92. The van der Waals surface area contributed by atoms with Crippen molar-refractivity contribution in [3.05, 3.63) is 35.0 Å². The topological polar surface area (TPSA) is 126 Å². The maximum Gasteiger partial charge on any atom is 0.328 e. The molecule has 9 nitrogen and oxygen atoms in total. The molecule has 0 saturated carbocycles. The molecule has 0 radical (unpaired) electrons. The van der Waals surface area contributed by atoms with Gasteiger partial charge in [0.1, 0.15) is 5.78 Å². The monoisotopic (exact) mass is 481 g/mol. The molecule has 32 heavy (non-hydrogen) atoms. The predicted molar refractivity (Wildman–Crippen MR) is 120 cm³/mol. The minimum absolute atomic E-state index is 0.0431. The molecule has 1 atom stereocenters. The number of nitrogens with zero attached hydrogens (tertiary/aromatic N) is 2. The molecule has 0 fully saturated rings. The summed E-state index contributed by atoms with van der Waals surface area (Å²) >= 11 is 1.59. The van der Waals surface area contributed by atoms with Crippen LogP contribution in [0, 0.1) is 0 Å². The van der Waals surface area contributed by atoms with Gasteiger partial charge in [0.15, 0.2) is 14.6 Å². The van der Waals surface area contributed by atoms with Gasteiger partial charge in [0.25, 0.3) is 5.91 Å². The van der Waals surface area contributed by atoms with Crippen LogP contribution in [0.5, 0.6) is 0 Å². The number of fused-ring (bicyclic) bond motifs is 1. The van der Waals surface area contributed by atoms with Gasteiger partial charge in [0.2, 0.25) is 0 Å². The summed E-state index contributed by atoms with van der Waals surface area (Å²) in [6, 6.07) is 5.60. The molecular formula is C21H27N3O6S2. The number of hydrogen-bond acceptors (Lipinski definition) is 7. The highest BCUT2D eigenvalue weighted by Crippen LogP contribution is 2.33. The molecule has 0 saturated heterocycles. The second-order valence-electron chi connectivity index (χ2n) is 8.15. The first-order valence-electron chi connectivity index (χ1n) is 10.3. The van der Waals surface area contributed by atoms with E-state index in [1.807, 2.05) is 25.1 Å². The van der Waals surface area contributed by atoms with Gasteiger partial charge in [-0.1, -0.05) is 6.92 Å². The Bertz CT molecular complexity index is 1150. The number of Topliss-reactive ketones (excluding diaryl/α,β-unsaturated/α-hetero) is 1. The van der Waals surface area contributed by atoms with Gasteiger partial charge in [0.05, 0.1) is 6.54 Å². The molecule has 0 aromatic carbocycles. The standard InChI is InChI=1S/C21H27N3O6S2/c1-4-16(25)5-6-17-7-8-18(31-17)14-11-15-13-23(20(27)24(15)12-14)10-9-21(2,19(26)22-28)32(3,29)30/h7-8,11-12,28H,4-6,9-10,13H2,1-3H3,(H,22,26)/t21-/m1/s1. The molecule has 3 rings (SSSR count). The van der Waals surface area contributed by atoms with Crippen LogP contribution in [-0.4, -0.2) is 58.4 Å². The van der Waals surface area contributed by atoms with Crippen molar-refractivity contribution in [3.8, 4) is 10.4 Å². The molecule has 2 amide bonds. The zero-order chi connectivity index (χ0) is 23.7. The van der Waals surface area contributed by atoms with Gasteiger partial charge in [-0.05, 0) is 38.0 Å². The van der Waals surface area contributed by atoms with E-state index in [9.17, 15) is 22.8 Å². The molecule has 0 aliphatic carbocycles. The van der Waals surface area contributed by atoms with Crippen LogP contribution in [0.3, 0.4) is 0 Å². The summed E-state index contributed by atoms with van der Waals surface area (Å²) in [4.78, 5) is 39.9. The first-order chi connectivity index (χ1) is 15.0. The van der Waals surface area contributed by atoms with Crippen molar-refractivity contribution in [2.75, 3.05) is 12.8 Å². The third-order valence-electron chi connectivity index (χ3n) is 5.98. The lowest BCUT2D eigenvalue weighted by molar-refractivity contribution is -0.131. The normalized spacial score (nSPS) is 15.5. The number of carbonyl (C=O) groups is 3. The van der Waals surface area contributed by atoms with Crippen LogP contribution >= 0.6 is 11.3 Å². The number of nitrogens with one attached hydrogen (secondary N) is 1. The maximum absolute atomic E-state index is 12.8. The highest BCUT2D eigenvalue weighted by Gasteiger charge is 2.44. The fourth-order valence-corrected chi connectivity index (χ4v) is 5.41. The second-order valence-corrected chi connectivity index (χ2v) is 11.8. The summed E-state index contributed by atoms with van der Waals surface area (Å²) in [6.45, 7) is 3.42. The number of amides is 2. The fraction of sp³-hybridized carbons (Fsp3) is 0.476. The molecule has 2 aromatic rings. The van der Waals surface area contributed by atoms with E-state index in [2.05, 4.69) is 0 Å². The van der Waals surface area contributed by atoms with Gasteiger partial charge in [0, 0.05) is 52.9 Å². The molecule has 174 valence electrons. The zero-order valence-electron chi connectivity index (χ0n) is 18.3. The summed E-state index contributed by atoms with van der Waals surface area (Å²) in [5.74, 6) is -0.792. The van der Waals surface area contributed by atoms with E-state index in [1.165, 1.54) is 21.9 Å². The largest absolute Gasteiger partial charge is 0.328 e. The number of thiophene rings is 1. The molecule has 1 aliphatic rings. The smallest absolute Gasteiger partial charge is 0.318 e. The molecule has 2 aromatic heterocycles. The maximum atomic E-state index is 12.8. The lowest BCUT2D eigenvalue weighted by Gasteiger charge is -2.27. The van der Waals surface area contributed by atoms with Crippen molar-refractivity contribution < 1.29 is 28.0 Å². The van der Waals surface area contributed by atoms with Gasteiger partial charge in [-0.3, -0.25) is 19.4 Å². The number of hydrogen-bond donors (Lipinski definition) is 2. The summed E-state index contributed by atoms with van der Waals surface area (Å²) in [5, 5.41) is 8.94. The molecule has 0 unspecified atom stereocenters. The second kappa shape index (κ2) is 9.16.